The van der Waals surface area contributed by atoms with Crippen LogP contribution in [0, 0.1) is 0 Å². The van der Waals surface area contributed by atoms with Gasteiger partial charge in [-0.1, -0.05) is 36.4 Å². The first-order valence-corrected chi connectivity index (χ1v) is 10.2. The van der Waals surface area contributed by atoms with Crippen LogP contribution in [0.4, 0.5) is 0 Å². The van der Waals surface area contributed by atoms with Crippen LogP contribution >= 0.6 is 0 Å². The number of hydrogen-bond donors (Lipinski definition) is 1. The van der Waals surface area contributed by atoms with Gasteiger partial charge < -0.3 is 14.8 Å². The highest BCUT2D eigenvalue weighted by Gasteiger charge is 2.24. The van der Waals surface area contributed by atoms with E-state index in [1.807, 2.05) is 24.3 Å². The smallest absolute Gasteiger partial charge is 0.338 e. The predicted octanol–water partition coefficient (Wildman–Crippen LogP) is 3.70. The number of esters is 2. The normalized spacial score (nSPS) is 12.1. The largest absolute Gasteiger partial charge is 0.467 e. The van der Waals surface area contributed by atoms with Crippen LogP contribution in [-0.4, -0.2) is 41.6 Å². The number of hydrogen-bond acceptors (Lipinski definition) is 6. The van der Waals surface area contributed by atoms with Crippen LogP contribution in [0.2, 0.25) is 0 Å². The van der Waals surface area contributed by atoms with Gasteiger partial charge in [0, 0.05) is 11.8 Å². The second-order valence-electron chi connectivity index (χ2n) is 8.34. The Labute approximate surface area is 186 Å². The van der Waals surface area contributed by atoms with Crippen LogP contribution in [-0.2, 0) is 20.7 Å². The summed E-state index contributed by atoms with van der Waals surface area (Å²) in [6.45, 7) is 5.40. The molecule has 0 saturated carbocycles. The molecule has 0 aliphatic heterocycles. The van der Waals surface area contributed by atoms with Crippen molar-refractivity contribution in [2.24, 2.45) is 0 Å². The number of ether oxygens (including phenoxy) is 2. The van der Waals surface area contributed by atoms with Gasteiger partial charge >= 0.3 is 11.9 Å². The summed E-state index contributed by atoms with van der Waals surface area (Å²) >= 11 is 0. The van der Waals surface area contributed by atoms with Gasteiger partial charge in [0.25, 0.3) is 5.91 Å². The number of aromatic nitrogens is 1. The SMILES string of the molecule is COC(=O)[C@H](Cc1ccc(C(=O)OC(C)(C)C)cc1)NC(=O)c1ccc2ccccc2n1. The second kappa shape index (κ2) is 9.60. The summed E-state index contributed by atoms with van der Waals surface area (Å²) in [5.74, 6) is -1.48. The van der Waals surface area contributed by atoms with E-state index in [0.717, 1.165) is 10.9 Å². The number of benzene rings is 2. The first kappa shape index (κ1) is 22.9. The monoisotopic (exact) mass is 434 g/mol. The van der Waals surface area contributed by atoms with Gasteiger partial charge in [0.15, 0.2) is 0 Å². The second-order valence-corrected chi connectivity index (χ2v) is 8.34. The molecule has 0 unspecified atom stereocenters. The number of carbonyl (C=O) groups excluding carboxylic acids is 3. The number of nitrogens with zero attached hydrogens (tertiary/aromatic N) is 1. The van der Waals surface area contributed by atoms with Crippen LogP contribution in [0.25, 0.3) is 10.9 Å². The average Bonchev–Trinajstić information content (AvgIpc) is 2.77. The van der Waals surface area contributed by atoms with Crippen molar-refractivity contribution in [3.05, 3.63) is 77.5 Å². The van der Waals surface area contributed by atoms with Crippen LogP contribution in [0.1, 0.15) is 47.2 Å². The summed E-state index contributed by atoms with van der Waals surface area (Å²) in [5.41, 5.74) is 1.46. The van der Waals surface area contributed by atoms with Gasteiger partial charge in [-0.05, 0) is 50.6 Å². The summed E-state index contributed by atoms with van der Waals surface area (Å²) in [4.78, 5) is 41.6. The predicted molar refractivity (Wildman–Crippen MR) is 120 cm³/mol. The average molecular weight is 434 g/mol. The molecule has 0 saturated heterocycles. The minimum Gasteiger partial charge on any atom is -0.467 e. The topological polar surface area (TPSA) is 94.6 Å². The molecule has 7 nitrogen and oxygen atoms in total. The van der Waals surface area contributed by atoms with Crippen LogP contribution < -0.4 is 5.32 Å². The summed E-state index contributed by atoms with van der Waals surface area (Å²) in [5, 5.41) is 3.61. The molecular weight excluding hydrogens is 408 g/mol. The van der Waals surface area contributed by atoms with Crippen molar-refractivity contribution in [1.29, 1.82) is 0 Å². The number of fused-ring (bicyclic) bond motifs is 1. The number of carbonyl (C=O) groups is 3. The Kier molecular flexibility index (Phi) is 6.88. The molecule has 1 heterocycles. The highest BCUT2D eigenvalue weighted by molar-refractivity contribution is 5.97. The summed E-state index contributed by atoms with van der Waals surface area (Å²) in [6, 6.07) is 16.7. The third-order valence-electron chi connectivity index (χ3n) is 4.65. The Morgan fingerprint density at radius 3 is 2.31 bits per heavy atom. The molecule has 1 N–H and O–H groups in total. The molecule has 1 amide bonds. The summed E-state index contributed by atoms with van der Waals surface area (Å²) < 4.78 is 10.2. The Morgan fingerprint density at radius 1 is 0.969 bits per heavy atom. The first-order chi connectivity index (χ1) is 15.2. The van der Waals surface area contributed by atoms with Crippen molar-refractivity contribution in [2.45, 2.75) is 38.8 Å². The molecule has 3 aromatic rings. The molecule has 2 aromatic carbocycles. The molecule has 1 atom stereocenters. The fraction of sp³-hybridized carbons (Fsp3) is 0.280. The lowest BCUT2D eigenvalue weighted by Gasteiger charge is -2.19. The van der Waals surface area contributed by atoms with E-state index in [1.54, 1.807) is 57.2 Å². The van der Waals surface area contributed by atoms with E-state index in [2.05, 4.69) is 10.3 Å². The molecule has 0 aliphatic rings. The summed E-state index contributed by atoms with van der Waals surface area (Å²) in [7, 11) is 1.27. The zero-order chi connectivity index (χ0) is 23.3. The lowest BCUT2D eigenvalue weighted by Crippen LogP contribution is -2.43. The highest BCUT2D eigenvalue weighted by atomic mass is 16.6. The van der Waals surface area contributed by atoms with E-state index in [-0.39, 0.29) is 12.1 Å². The lowest BCUT2D eigenvalue weighted by atomic mass is 10.0. The zero-order valence-corrected chi connectivity index (χ0v) is 18.5. The molecule has 166 valence electrons. The Morgan fingerprint density at radius 2 is 1.66 bits per heavy atom. The van der Waals surface area contributed by atoms with E-state index < -0.39 is 29.5 Å². The van der Waals surface area contributed by atoms with Gasteiger partial charge in [0.2, 0.25) is 0 Å². The van der Waals surface area contributed by atoms with E-state index in [1.165, 1.54) is 7.11 Å². The first-order valence-electron chi connectivity index (χ1n) is 10.2. The van der Waals surface area contributed by atoms with Gasteiger partial charge in [-0.15, -0.1) is 0 Å². The van der Waals surface area contributed by atoms with Crippen molar-refractivity contribution >= 4 is 28.7 Å². The van der Waals surface area contributed by atoms with Crippen molar-refractivity contribution in [3.63, 3.8) is 0 Å². The molecule has 0 radical (unpaired) electrons. The Balaban J connectivity index is 1.73. The van der Waals surface area contributed by atoms with Crippen molar-refractivity contribution in [2.75, 3.05) is 7.11 Å². The Bertz CT molecular complexity index is 1130. The third-order valence-corrected chi connectivity index (χ3v) is 4.65. The number of pyridine rings is 1. The number of nitrogens with one attached hydrogen (secondary N) is 1. The van der Waals surface area contributed by atoms with Crippen LogP contribution in [0.3, 0.4) is 0 Å². The summed E-state index contributed by atoms with van der Waals surface area (Å²) in [6.07, 6.45) is 0.195. The van der Waals surface area contributed by atoms with Crippen molar-refractivity contribution in [1.82, 2.24) is 10.3 Å². The maximum atomic E-state index is 12.7. The molecular formula is C25H26N2O5. The maximum Gasteiger partial charge on any atom is 0.338 e. The van der Waals surface area contributed by atoms with Crippen LogP contribution in [0.15, 0.2) is 60.7 Å². The van der Waals surface area contributed by atoms with E-state index >= 15 is 0 Å². The van der Waals surface area contributed by atoms with Crippen molar-refractivity contribution in [3.8, 4) is 0 Å². The zero-order valence-electron chi connectivity index (χ0n) is 18.5. The maximum absolute atomic E-state index is 12.7. The van der Waals surface area contributed by atoms with E-state index in [4.69, 9.17) is 9.47 Å². The van der Waals surface area contributed by atoms with Gasteiger partial charge in [0.05, 0.1) is 18.2 Å². The molecule has 0 fully saturated rings. The lowest BCUT2D eigenvalue weighted by molar-refractivity contribution is -0.142. The minimum atomic E-state index is -0.909. The molecule has 32 heavy (non-hydrogen) atoms. The van der Waals surface area contributed by atoms with E-state index in [0.29, 0.717) is 11.1 Å². The number of rotatable bonds is 6. The fourth-order valence-electron chi connectivity index (χ4n) is 3.11. The van der Waals surface area contributed by atoms with Gasteiger partial charge in [-0.2, -0.15) is 0 Å². The quantitative estimate of drug-likeness (QED) is 0.595. The number of para-hydroxylation sites is 1. The van der Waals surface area contributed by atoms with Crippen LogP contribution in [0.5, 0.6) is 0 Å². The molecule has 1 aromatic heterocycles. The fourth-order valence-corrected chi connectivity index (χ4v) is 3.11. The molecule has 0 spiro atoms. The molecule has 0 bridgehead atoms. The van der Waals surface area contributed by atoms with E-state index in [9.17, 15) is 14.4 Å². The molecule has 7 heteroatoms. The van der Waals surface area contributed by atoms with Crippen molar-refractivity contribution < 1.29 is 23.9 Å². The third kappa shape index (κ3) is 5.91. The number of methoxy groups -OCH3 is 1. The number of amides is 1. The highest BCUT2D eigenvalue weighted by Crippen LogP contribution is 2.15. The standard InChI is InChI=1S/C25H26N2O5/c1-25(2,3)32-23(29)18-11-9-16(10-12-18)15-21(24(30)31-4)27-22(28)20-14-13-17-7-5-6-8-19(17)26-20/h5-14,21H,15H2,1-4H3,(H,27,28)/t21-/m0/s1. The van der Waals surface area contributed by atoms with Gasteiger partial charge in [0.1, 0.15) is 17.3 Å². The Hall–Kier alpha value is -3.74. The molecule has 0 aliphatic carbocycles. The van der Waals surface area contributed by atoms with Gasteiger partial charge in [-0.25, -0.2) is 14.6 Å². The minimum absolute atomic E-state index is 0.195. The molecule has 3 rings (SSSR count). The van der Waals surface area contributed by atoms with Gasteiger partial charge in [-0.3, -0.25) is 4.79 Å².